The molecule has 0 unspecified atom stereocenters. The number of halogens is 2. The van der Waals surface area contributed by atoms with E-state index in [0.717, 1.165) is 18.7 Å². The van der Waals surface area contributed by atoms with E-state index < -0.39 is 0 Å². The molecule has 0 spiro atoms. The van der Waals surface area contributed by atoms with Gasteiger partial charge in [-0.25, -0.2) is 0 Å². The van der Waals surface area contributed by atoms with Crippen molar-refractivity contribution in [2.75, 3.05) is 93.5 Å². The maximum atomic E-state index is 13.1. The third-order valence-corrected chi connectivity index (χ3v) is 8.75. The van der Waals surface area contributed by atoms with Crippen LogP contribution in [0.5, 0.6) is 0 Å². The van der Waals surface area contributed by atoms with E-state index in [0.29, 0.717) is 102 Å². The minimum atomic E-state index is -0.0208. The normalized spacial score (nSPS) is 11.5. The molecule has 0 aromatic carbocycles. The second-order valence-corrected chi connectivity index (χ2v) is 12.4. The van der Waals surface area contributed by atoms with E-state index in [1.807, 2.05) is 12.1 Å². The zero-order valence-electron chi connectivity index (χ0n) is 21.8. The highest BCUT2D eigenvalue weighted by Gasteiger charge is 2.19. The monoisotopic (exact) mass is 702 g/mol. The van der Waals surface area contributed by atoms with Gasteiger partial charge >= 0.3 is 0 Å². The molecule has 0 N–H and O–H groups in total. The maximum absolute atomic E-state index is 13.1. The Hall–Kier alpha value is -0.290. The Labute approximate surface area is 249 Å². The molecule has 0 saturated heterocycles. The van der Waals surface area contributed by atoms with Crippen molar-refractivity contribution in [3.63, 3.8) is 0 Å². The van der Waals surface area contributed by atoms with Crippen LogP contribution in [-0.4, -0.2) is 99.3 Å². The number of hydrogen-bond acceptors (Lipinski definition) is 11. The molecule has 2 aromatic heterocycles. The van der Waals surface area contributed by atoms with Gasteiger partial charge in [-0.1, -0.05) is 0 Å². The van der Waals surface area contributed by atoms with Crippen molar-refractivity contribution >= 4 is 60.3 Å². The van der Waals surface area contributed by atoms with Crippen molar-refractivity contribution in [2.24, 2.45) is 0 Å². The Bertz CT molecular complexity index is 837. The van der Waals surface area contributed by atoms with Crippen LogP contribution < -0.4 is 0 Å². The van der Waals surface area contributed by atoms with E-state index in [4.69, 9.17) is 37.9 Å². The molecular formula is C25H36Br2O9S2. The molecule has 0 aliphatic rings. The molecule has 0 amide bonds. The number of hydrogen-bond donors (Lipinski definition) is 0. The van der Waals surface area contributed by atoms with Gasteiger partial charge in [0.15, 0.2) is 0 Å². The zero-order valence-corrected chi connectivity index (χ0v) is 26.6. The maximum Gasteiger partial charge on any atom is 0.212 e. The highest BCUT2D eigenvalue weighted by atomic mass is 79.9. The van der Waals surface area contributed by atoms with Gasteiger partial charge in [0.2, 0.25) is 5.78 Å². The van der Waals surface area contributed by atoms with Crippen molar-refractivity contribution < 1.29 is 42.7 Å². The van der Waals surface area contributed by atoms with Gasteiger partial charge < -0.3 is 37.9 Å². The molecule has 13 heteroatoms. The molecule has 2 aromatic rings. The van der Waals surface area contributed by atoms with Crippen LogP contribution >= 0.6 is 54.5 Å². The predicted octanol–water partition coefficient (Wildman–Crippen LogP) is 4.96. The molecule has 9 nitrogen and oxygen atoms in total. The fourth-order valence-corrected chi connectivity index (χ4v) is 6.14. The third-order valence-electron chi connectivity index (χ3n) is 4.83. The molecule has 0 aliphatic heterocycles. The first-order chi connectivity index (χ1) is 18.6. The SMILES string of the molecule is COCCOCCOCCOCc1cc(C(=O)c2cc(COCCOCCOCCOC)c(Br)s2)sc1Br. The lowest BCUT2D eigenvalue weighted by Gasteiger charge is -2.06. The van der Waals surface area contributed by atoms with Crippen LogP contribution in [-0.2, 0) is 51.1 Å². The Balaban J connectivity index is 1.66. The van der Waals surface area contributed by atoms with Crippen LogP contribution in [0.1, 0.15) is 25.7 Å². The van der Waals surface area contributed by atoms with Gasteiger partial charge in [0, 0.05) is 25.3 Å². The fourth-order valence-electron chi connectivity index (χ4n) is 2.88. The summed E-state index contributed by atoms with van der Waals surface area (Å²) in [7, 11) is 3.28. The lowest BCUT2D eigenvalue weighted by molar-refractivity contribution is 0.000843. The summed E-state index contributed by atoms with van der Waals surface area (Å²) in [5.74, 6) is -0.0208. The second kappa shape index (κ2) is 21.5. The van der Waals surface area contributed by atoms with Crippen LogP contribution in [0, 0.1) is 0 Å². The Morgan fingerprint density at radius 3 is 1.24 bits per heavy atom. The smallest absolute Gasteiger partial charge is 0.212 e. The van der Waals surface area contributed by atoms with Gasteiger partial charge in [-0.05, 0) is 44.0 Å². The molecular weight excluding hydrogens is 668 g/mol. The second-order valence-electron chi connectivity index (χ2n) is 7.69. The molecule has 216 valence electrons. The molecule has 0 fully saturated rings. The standard InChI is InChI=1S/C25H36Br2O9S2/c1-29-3-5-31-7-9-33-11-13-35-17-19-15-21(37-24(19)26)23(28)22-16-20(25(27)38-22)18-36-14-12-34-10-8-32-6-4-30-2/h15-16H,3-14,17-18H2,1-2H3. The van der Waals surface area contributed by atoms with Crippen LogP contribution in [0.4, 0.5) is 0 Å². The van der Waals surface area contributed by atoms with E-state index in [1.54, 1.807) is 14.2 Å². The quantitative estimate of drug-likeness (QED) is 0.111. The first-order valence-electron chi connectivity index (χ1n) is 12.1. The van der Waals surface area contributed by atoms with Gasteiger partial charge in [-0.3, -0.25) is 4.79 Å². The van der Waals surface area contributed by atoms with E-state index in [2.05, 4.69) is 31.9 Å². The van der Waals surface area contributed by atoms with E-state index in [9.17, 15) is 4.79 Å². The molecule has 38 heavy (non-hydrogen) atoms. The van der Waals surface area contributed by atoms with E-state index in [1.165, 1.54) is 22.7 Å². The number of thiophene rings is 2. The lowest BCUT2D eigenvalue weighted by atomic mass is 10.2. The molecule has 0 atom stereocenters. The number of carbonyl (C=O) groups excluding carboxylic acids is 1. The molecule has 0 radical (unpaired) electrons. The summed E-state index contributed by atoms with van der Waals surface area (Å²) in [5.41, 5.74) is 1.87. The average molecular weight is 704 g/mol. The van der Waals surface area contributed by atoms with Crippen molar-refractivity contribution in [3.05, 3.63) is 40.6 Å². The predicted molar refractivity (Wildman–Crippen MR) is 154 cm³/mol. The highest BCUT2D eigenvalue weighted by molar-refractivity contribution is 9.11. The molecule has 2 heterocycles. The third kappa shape index (κ3) is 13.9. The van der Waals surface area contributed by atoms with Gasteiger partial charge in [0.25, 0.3) is 0 Å². The summed E-state index contributed by atoms with van der Waals surface area (Å²) in [6.07, 6.45) is 0. The van der Waals surface area contributed by atoms with Crippen molar-refractivity contribution in [1.29, 1.82) is 0 Å². The first kappa shape index (κ1) is 33.9. The number of ketones is 1. The van der Waals surface area contributed by atoms with Gasteiger partial charge in [0.05, 0.1) is 110 Å². The largest absolute Gasteiger partial charge is 0.382 e. The molecule has 0 bridgehead atoms. The summed E-state index contributed by atoms with van der Waals surface area (Å²) < 4.78 is 44.6. The van der Waals surface area contributed by atoms with Crippen molar-refractivity contribution in [3.8, 4) is 0 Å². The van der Waals surface area contributed by atoms with Crippen molar-refractivity contribution in [2.45, 2.75) is 13.2 Å². The number of methoxy groups -OCH3 is 2. The molecule has 2 rings (SSSR count). The topological polar surface area (TPSA) is 90.9 Å². The average Bonchev–Trinajstić information content (AvgIpc) is 3.47. The van der Waals surface area contributed by atoms with Gasteiger partial charge in [-0.2, -0.15) is 0 Å². The zero-order chi connectivity index (χ0) is 27.4. The summed E-state index contributed by atoms with van der Waals surface area (Å²) in [6.45, 7) is 7.00. The van der Waals surface area contributed by atoms with E-state index >= 15 is 0 Å². The number of rotatable bonds is 24. The summed E-state index contributed by atoms with van der Waals surface area (Å²) in [5, 5.41) is 0. The Morgan fingerprint density at radius 2 is 0.895 bits per heavy atom. The van der Waals surface area contributed by atoms with Crippen LogP contribution in [0.2, 0.25) is 0 Å². The van der Waals surface area contributed by atoms with Crippen LogP contribution in [0.25, 0.3) is 0 Å². The number of ether oxygens (including phenoxy) is 8. The summed E-state index contributed by atoms with van der Waals surface area (Å²) in [4.78, 5) is 14.4. The van der Waals surface area contributed by atoms with Crippen molar-refractivity contribution in [1.82, 2.24) is 0 Å². The van der Waals surface area contributed by atoms with Gasteiger partial charge in [-0.15, -0.1) is 22.7 Å². The number of carbonyl (C=O) groups is 1. The molecule has 0 saturated carbocycles. The first-order valence-corrected chi connectivity index (χ1v) is 15.3. The lowest BCUT2D eigenvalue weighted by Crippen LogP contribution is -2.11. The van der Waals surface area contributed by atoms with Crippen LogP contribution in [0.15, 0.2) is 19.7 Å². The Kier molecular flexibility index (Phi) is 19.1. The van der Waals surface area contributed by atoms with Crippen LogP contribution in [0.3, 0.4) is 0 Å². The minimum Gasteiger partial charge on any atom is -0.382 e. The highest BCUT2D eigenvalue weighted by Crippen LogP contribution is 2.34. The van der Waals surface area contributed by atoms with Gasteiger partial charge in [0.1, 0.15) is 0 Å². The molecule has 0 aliphatic carbocycles. The fraction of sp³-hybridized carbons (Fsp3) is 0.640. The minimum absolute atomic E-state index is 0.0208. The Morgan fingerprint density at radius 1 is 0.579 bits per heavy atom. The summed E-state index contributed by atoms with van der Waals surface area (Å²) >= 11 is 9.92. The van der Waals surface area contributed by atoms with E-state index in [-0.39, 0.29) is 5.78 Å². The summed E-state index contributed by atoms with van der Waals surface area (Å²) in [6, 6.07) is 3.75.